The van der Waals surface area contributed by atoms with Gasteiger partial charge in [0.2, 0.25) is 15.9 Å². The fourth-order valence-corrected chi connectivity index (χ4v) is 5.58. The van der Waals surface area contributed by atoms with E-state index in [4.69, 9.17) is 0 Å². The summed E-state index contributed by atoms with van der Waals surface area (Å²) < 4.78 is 27.4. The van der Waals surface area contributed by atoms with Gasteiger partial charge in [0.1, 0.15) is 0 Å². The highest BCUT2D eigenvalue weighted by Crippen LogP contribution is 2.22. The number of benzene rings is 1. The van der Waals surface area contributed by atoms with Crippen LogP contribution in [0.25, 0.3) is 0 Å². The zero-order valence-electron chi connectivity index (χ0n) is 15.1. The van der Waals surface area contributed by atoms with Crippen molar-refractivity contribution < 1.29 is 13.2 Å². The molecule has 1 aromatic heterocycles. The molecule has 1 aliphatic heterocycles. The van der Waals surface area contributed by atoms with Crippen molar-refractivity contribution >= 4 is 27.3 Å². The minimum atomic E-state index is -3.52. The minimum absolute atomic E-state index is 0.0972. The lowest BCUT2D eigenvalue weighted by atomic mass is 10.1. The van der Waals surface area contributed by atoms with E-state index in [-0.39, 0.29) is 5.91 Å². The number of hydrogen-bond acceptors (Lipinski definition) is 4. The molecule has 0 N–H and O–H groups in total. The number of rotatable bonds is 5. The second-order valence-electron chi connectivity index (χ2n) is 6.69. The lowest BCUT2D eigenvalue weighted by Crippen LogP contribution is -2.50. The molecule has 0 aliphatic carbocycles. The van der Waals surface area contributed by atoms with Crippen LogP contribution in [0.4, 0.5) is 0 Å². The maximum atomic E-state index is 12.9. The van der Waals surface area contributed by atoms with Crippen molar-refractivity contribution in [3.63, 3.8) is 0 Å². The summed E-state index contributed by atoms with van der Waals surface area (Å²) in [6, 6.07) is 7.51. The molecule has 3 rings (SSSR count). The van der Waals surface area contributed by atoms with Crippen molar-refractivity contribution in [2.45, 2.75) is 31.6 Å². The monoisotopic (exact) mass is 392 g/mol. The average molecular weight is 393 g/mol. The molecule has 1 amide bonds. The molecule has 0 spiro atoms. The smallest absolute Gasteiger partial charge is 0.243 e. The molecule has 0 bridgehead atoms. The zero-order chi connectivity index (χ0) is 18.7. The van der Waals surface area contributed by atoms with Gasteiger partial charge in [-0.3, -0.25) is 4.79 Å². The molecule has 0 atom stereocenters. The number of sulfonamides is 1. The van der Waals surface area contributed by atoms with Gasteiger partial charge in [-0.1, -0.05) is 12.1 Å². The van der Waals surface area contributed by atoms with E-state index in [0.717, 1.165) is 17.5 Å². The number of carbonyl (C=O) groups is 1. The van der Waals surface area contributed by atoms with Crippen LogP contribution in [0.15, 0.2) is 39.9 Å². The number of nitrogens with zero attached hydrogens (tertiary/aromatic N) is 2. The molecule has 1 fully saturated rings. The predicted octanol–water partition coefficient (Wildman–Crippen LogP) is 2.83. The standard InChI is InChI=1S/C19H24N2O3S2/c1-15-3-4-16(2)18(13-15)26(23,24)21-10-8-20(9-11-21)19(22)6-5-17-7-12-25-14-17/h3-4,7,12-14H,5-6,8-11H2,1-2H3. The fourth-order valence-electron chi connectivity index (χ4n) is 3.15. The summed E-state index contributed by atoms with van der Waals surface area (Å²) in [7, 11) is -3.52. The molecule has 2 heterocycles. The molecule has 140 valence electrons. The predicted molar refractivity (Wildman–Crippen MR) is 104 cm³/mol. The first-order valence-corrected chi connectivity index (χ1v) is 11.1. The quantitative estimate of drug-likeness (QED) is 0.786. The van der Waals surface area contributed by atoms with Gasteiger partial charge in [0, 0.05) is 32.6 Å². The molecule has 0 saturated carbocycles. The van der Waals surface area contributed by atoms with Crippen LogP contribution in [0.3, 0.4) is 0 Å². The maximum absolute atomic E-state index is 12.9. The minimum Gasteiger partial charge on any atom is -0.340 e. The Balaban J connectivity index is 1.60. The lowest BCUT2D eigenvalue weighted by Gasteiger charge is -2.34. The van der Waals surface area contributed by atoms with Crippen molar-refractivity contribution in [3.05, 3.63) is 51.7 Å². The van der Waals surface area contributed by atoms with Crippen molar-refractivity contribution in [3.8, 4) is 0 Å². The van der Waals surface area contributed by atoms with Crippen LogP contribution < -0.4 is 0 Å². The van der Waals surface area contributed by atoms with Crippen molar-refractivity contribution in [1.29, 1.82) is 0 Å². The largest absolute Gasteiger partial charge is 0.340 e. The van der Waals surface area contributed by atoms with Crippen molar-refractivity contribution in [2.75, 3.05) is 26.2 Å². The van der Waals surface area contributed by atoms with Gasteiger partial charge in [0.15, 0.2) is 0 Å². The van der Waals surface area contributed by atoms with Gasteiger partial charge in [-0.15, -0.1) is 0 Å². The highest BCUT2D eigenvalue weighted by Gasteiger charge is 2.30. The molecular formula is C19H24N2O3S2. The van der Waals surface area contributed by atoms with Gasteiger partial charge in [-0.05, 0) is 59.9 Å². The van der Waals surface area contributed by atoms with Gasteiger partial charge in [0.25, 0.3) is 0 Å². The van der Waals surface area contributed by atoms with E-state index >= 15 is 0 Å². The number of thiophene rings is 1. The van der Waals surface area contributed by atoms with Gasteiger partial charge in [-0.25, -0.2) is 8.42 Å². The Bertz CT molecular complexity index is 868. The van der Waals surface area contributed by atoms with Crippen LogP contribution in [0.2, 0.25) is 0 Å². The Morgan fingerprint density at radius 2 is 1.85 bits per heavy atom. The summed E-state index contributed by atoms with van der Waals surface area (Å²) in [6.45, 7) is 5.30. The molecule has 0 unspecified atom stereocenters. The Morgan fingerprint density at radius 3 is 2.50 bits per heavy atom. The number of aryl methyl sites for hydroxylation is 3. The van der Waals surface area contributed by atoms with E-state index < -0.39 is 10.0 Å². The number of amides is 1. The highest BCUT2D eigenvalue weighted by molar-refractivity contribution is 7.89. The molecule has 1 aromatic carbocycles. The Morgan fingerprint density at radius 1 is 1.12 bits per heavy atom. The molecule has 0 radical (unpaired) electrons. The summed E-state index contributed by atoms with van der Waals surface area (Å²) in [5, 5.41) is 4.07. The van der Waals surface area contributed by atoms with Crippen molar-refractivity contribution in [2.24, 2.45) is 0 Å². The van der Waals surface area contributed by atoms with E-state index in [2.05, 4.69) is 5.38 Å². The van der Waals surface area contributed by atoms with Crippen LogP contribution in [0.5, 0.6) is 0 Å². The molecular weight excluding hydrogens is 368 g/mol. The van der Waals surface area contributed by atoms with Crippen LogP contribution >= 0.6 is 11.3 Å². The molecule has 7 heteroatoms. The third kappa shape index (κ3) is 4.16. The zero-order valence-corrected chi connectivity index (χ0v) is 16.8. The van der Waals surface area contributed by atoms with Crippen LogP contribution in [-0.2, 0) is 21.2 Å². The van der Waals surface area contributed by atoms with Gasteiger partial charge in [0.05, 0.1) is 4.90 Å². The van der Waals surface area contributed by atoms with Crippen LogP contribution in [-0.4, -0.2) is 49.7 Å². The first kappa shape index (κ1) is 19.1. The average Bonchev–Trinajstić information content (AvgIpc) is 3.15. The Hall–Kier alpha value is -1.70. The Kier molecular flexibility index (Phi) is 5.79. The van der Waals surface area contributed by atoms with E-state index in [1.807, 2.05) is 37.4 Å². The van der Waals surface area contributed by atoms with Crippen molar-refractivity contribution in [1.82, 2.24) is 9.21 Å². The third-order valence-corrected chi connectivity index (χ3v) is 7.53. The topological polar surface area (TPSA) is 57.7 Å². The number of carbonyl (C=O) groups excluding carboxylic acids is 1. The molecule has 2 aromatic rings. The second-order valence-corrected chi connectivity index (χ2v) is 9.37. The molecule has 26 heavy (non-hydrogen) atoms. The molecule has 1 saturated heterocycles. The normalized spacial score (nSPS) is 16.0. The number of piperazine rings is 1. The summed E-state index contributed by atoms with van der Waals surface area (Å²) in [5.74, 6) is 0.0972. The van der Waals surface area contributed by atoms with E-state index in [9.17, 15) is 13.2 Å². The first-order chi connectivity index (χ1) is 12.4. The molecule has 1 aliphatic rings. The first-order valence-electron chi connectivity index (χ1n) is 8.74. The summed E-state index contributed by atoms with van der Waals surface area (Å²) in [6.07, 6.45) is 1.21. The van der Waals surface area contributed by atoms with E-state index in [1.54, 1.807) is 22.3 Å². The highest BCUT2D eigenvalue weighted by atomic mass is 32.2. The van der Waals surface area contributed by atoms with Crippen LogP contribution in [0, 0.1) is 13.8 Å². The SMILES string of the molecule is Cc1ccc(C)c(S(=O)(=O)N2CCN(C(=O)CCc3ccsc3)CC2)c1. The summed E-state index contributed by atoms with van der Waals surface area (Å²) >= 11 is 1.63. The van der Waals surface area contributed by atoms with Gasteiger partial charge < -0.3 is 4.90 Å². The third-order valence-electron chi connectivity index (χ3n) is 4.76. The van der Waals surface area contributed by atoms with Gasteiger partial charge >= 0.3 is 0 Å². The van der Waals surface area contributed by atoms with E-state index in [0.29, 0.717) is 37.5 Å². The lowest BCUT2D eigenvalue weighted by molar-refractivity contribution is -0.132. The van der Waals surface area contributed by atoms with E-state index in [1.165, 1.54) is 9.87 Å². The number of hydrogen-bond donors (Lipinski definition) is 0. The van der Waals surface area contributed by atoms with Crippen LogP contribution in [0.1, 0.15) is 23.1 Å². The maximum Gasteiger partial charge on any atom is 0.243 e. The summed E-state index contributed by atoms with van der Waals surface area (Å²) in [5.41, 5.74) is 2.86. The van der Waals surface area contributed by atoms with Gasteiger partial charge in [-0.2, -0.15) is 15.6 Å². The molecule has 5 nitrogen and oxygen atoms in total. The summed E-state index contributed by atoms with van der Waals surface area (Å²) in [4.78, 5) is 14.5. The second kappa shape index (κ2) is 7.90. The fraction of sp³-hybridized carbons (Fsp3) is 0.421. The Labute approximate surface area is 159 Å².